The lowest BCUT2D eigenvalue weighted by Gasteiger charge is -2.25. The number of esters is 1. The molecule has 0 amide bonds. The molecule has 1 saturated heterocycles. The summed E-state index contributed by atoms with van der Waals surface area (Å²) < 4.78 is 40.5. The van der Waals surface area contributed by atoms with Crippen LogP contribution in [0.25, 0.3) is 0 Å². The predicted molar refractivity (Wildman–Crippen MR) is 101 cm³/mol. The smallest absolute Gasteiger partial charge is 0.310 e. The molecule has 3 aliphatic rings. The van der Waals surface area contributed by atoms with Gasteiger partial charge in [0, 0.05) is 19.8 Å². The van der Waals surface area contributed by atoms with E-state index in [1.807, 2.05) is 19.0 Å². The van der Waals surface area contributed by atoms with Crippen LogP contribution in [0.15, 0.2) is 11.6 Å². The van der Waals surface area contributed by atoms with Gasteiger partial charge in [-0.05, 0) is 58.5 Å². The lowest BCUT2D eigenvalue weighted by atomic mass is 9.80. The van der Waals surface area contributed by atoms with Crippen LogP contribution in [0.2, 0.25) is 0 Å². The van der Waals surface area contributed by atoms with Gasteiger partial charge in [0.25, 0.3) is 10.1 Å². The molecule has 6 nitrogen and oxygen atoms in total. The van der Waals surface area contributed by atoms with Gasteiger partial charge in [-0.3, -0.25) is 9.35 Å². The minimum Gasteiger partial charge on any atom is -0.461 e. The van der Waals surface area contributed by atoms with Crippen LogP contribution in [0.3, 0.4) is 0 Å². The van der Waals surface area contributed by atoms with Gasteiger partial charge in [0.15, 0.2) is 0 Å². The quantitative estimate of drug-likeness (QED) is 0.445. The molecule has 3 unspecified atom stereocenters. The molecule has 3 rings (SSSR count). The minimum absolute atomic E-state index is 0.0238. The number of allylic oxidation sites excluding steroid dienone is 2. The summed E-state index contributed by atoms with van der Waals surface area (Å²) in [6, 6.07) is 0. The standard InChI is InChI=1S/C18H29NO2.CH4O3S/c1-12-6-5-9-18(2)10-15(18)16-13(8-7-12)14(11-19(3)4)17(20)21-16;1-5(2,3)4/h6,13-16H,5,7-11H2,1-4H3;1H3,(H,2,3,4)/b12-6+;/t13?,14-,15?,16?,18-;/m0./s1/i14D;. The summed E-state index contributed by atoms with van der Waals surface area (Å²) in [6.07, 6.45) is 8.36. The fourth-order valence-corrected chi connectivity index (χ4v) is 4.23. The Balaban J connectivity index is 0.000000465. The van der Waals surface area contributed by atoms with E-state index in [4.69, 9.17) is 10.7 Å². The Bertz CT molecular complexity index is 699. The topological polar surface area (TPSA) is 83.9 Å². The van der Waals surface area contributed by atoms with Gasteiger partial charge in [-0.1, -0.05) is 18.6 Å². The first-order valence-corrected chi connectivity index (χ1v) is 11.0. The van der Waals surface area contributed by atoms with Crippen LogP contribution in [0.4, 0.5) is 0 Å². The lowest BCUT2D eigenvalue weighted by molar-refractivity contribution is -0.145. The molecule has 0 bridgehead atoms. The van der Waals surface area contributed by atoms with Crippen LogP contribution in [0.1, 0.15) is 47.3 Å². The third-order valence-corrected chi connectivity index (χ3v) is 5.71. The van der Waals surface area contributed by atoms with Crippen molar-refractivity contribution in [1.82, 2.24) is 4.90 Å². The number of hydrogen-bond donors (Lipinski definition) is 1. The maximum Gasteiger partial charge on any atom is 0.310 e. The summed E-state index contributed by atoms with van der Waals surface area (Å²) in [5.74, 6) is -0.915. The third kappa shape index (κ3) is 5.79. The molecule has 1 saturated carbocycles. The van der Waals surface area contributed by atoms with E-state index in [2.05, 4.69) is 19.9 Å². The van der Waals surface area contributed by atoms with E-state index < -0.39 is 16.0 Å². The zero-order chi connectivity index (χ0) is 20.6. The monoisotopic (exact) mass is 388 g/mol. The number of nitrogens with zero attached hydrogens (tertiary/aromatic N) is 1. The third-order valence-electron chi connectivity index (χ3n) is 5.71. The maximum absolute atomic E-state index is 12.5. The first-order chi connectivity index (χ1) is 12.3. The SMILES string of the molecule is CS(=O)(=O)O.[2H][C@@]1(CN(C)C)C(=O)OC2C3C[C@]3(C)CC/C=C(\C)CCC21. The number of hydrogen-bond acceptors (Lipinski definition) is 5. The summed E-state index contributed by atoms with van der Waals surface area (Å²) >= 11 is 0. The van der Waals surface area contributed by atoms with Crippen LogP contribution in [0, 0.1) is 23.1 Å². The van der Waals surface area contributed by atoms with Gasteiger partial charge in [0.2, 0.25) is 0 Å². The van der Waals surface area contributed by atoms with E-state index in [1.165, 1.54) is 12.0 Å². The van der Waals surface area contributed by atoms with Crippen molar-refractivity contribution in [3.05, 3.63) is 11.6 Å². The molecular weight excluding hydrogens is 354 g/mol. The summed E-state index contributed by atoms with van der Waals surface area (Å²) in [5, 5.41) is 0. The molecule has 26 heavy (non-hydrogen) atoms. The molecule has 2 aliphatic carbocycles. The fraction of sp³-hybridized carbons (Fsp3) is 0.842. The van der Waals surface area contributed by atoms with E-state index in [9.17, 15) is 13.2 Å². The largest absolute Gasteiger partial charge is 0.461 e. The Labute approximate surface area is 159 Å². The van der Waals surface area contributed by atoms with E-state index in [0.717, 1.165) is 25.7 Å². The first kappa shape index (κ1) is 19.8. The lowest BCUT2D eigenvalue weighted by Crippen LogP contribution is -2.32. The summed E-state index contributed by atoms with van der Waals surface area (Å²) in [6.45, 7) is 4.96. The maximum atomic E-state index is 12.5. The molecular formula is C19H33NO5S. The second-order valence-corrected chi connectivity index (χ2v) is 10.0. The molecule has 7 heteroatoms. The van der Waals surface area contributed by atoms with Gasteiger partial charge in [0.05, 0.1) is 12.1 Å². The van der Waals surface area contributed by atoms with Crippen molar-refractivity contribution < 1.29 is 23.9 Å². The highest BCUT2D eigenvalue weighted by Crippen LogP contribution is 2.61. The number of fused-ring (bicyclic) bond motifs is 3. The summed E-state index contributed by atoms with van der Waals surface area (Å²) in [5.41, 5.74) is 1.70. The van der Waals surface area contributed by atoms with E-state index in [-0.39, 0.29) is 18.0 Å². The minimum atomic E-state index is -3.67. The van der Waals surface area contributed by atoms with Crippen molar-refractivity contribution >= 4 is 16.1 Å². The van der Waals surface area contributed by atoms with E-state index >= 15 is 0 Å². The Morgan fingerprint density at radius 1 is 1.46 bits per heavy atom. The first-order valence-electron chi connectivity index (χ1n) is 9.70. The van der Waals surface area contributed by atoms with E-state index in [1.54, 1.807) is 0 Å². The second kappa shape index (κ2) is 7.98. The molecule has 0 spiro atoms. The van der Waals surface area contributed by atoms with Crippen LogP contribution in [0.5, 0.6) is 0 Å². The van der Waals surface area contributed by atoms with Gasteiger partial charge in [0.1, 0.15) is 6.10 Å². The van der Waals surface area contributed by atoms with Crippen LogP contribution < -0.4 is 0 Å². The molecule has 150 valence electrons. The van der Waals surface area contributed by atoms with Gasteiger partial charge in [-0.25, -0.2) is 0 Å². The van der Waals surface area contributed by atoms with Crippen LogP contribution in [-0.2, 0) is 19.6 Å². The van der Waals surface area contributed by atoms with Crippen molar-refractivity contribution in [3.63, 3.8) is 0 Å². The Morgan fingerprint density at radius 2 is 2.08 bits per heavy atom. The summed E-state index contributed by atoms with van der Waals surface area (Å²) in [4.78, 5) is 14.4. The predicted octanol–water partition coefficient (Wildman–Crippen LogP) is 2.76. The Morgan fingerprint density at radius 3 is 2.65 bits per heavy atom. The molecule has 0 aromatic rings. The zero-order valence-electron chi connectivity index (χ0n) is 17.5. The highest BCUT2D eigenvalue weighted by Gasteiger charge is 2.60. The normalized spacial score (nSPS) is 42.3. The molecule has 1 N–H and O–H groups in total. The Kier molecular flexibility index (Phi) is 6.09. The van der Waals surface area contributed by atoms with Crippen molar-refractivity contribution in [1.29, 1.82) is 0 Å². The molecule has 1 heterocycles. The highest BCUT2D eigenvalue weighted by molar-refractivity contribution is 7.85. The molecule has 2 fully saturated rings. The second-order valence-electron chi connectivity index (χ2n) is 8.56. The molecule has 1 aliphatic heterocycles. The number of rotatable bonds is 2. The zero-order valence-corrected chi connectivity index (χ0v) is 17.3. The van der Waals surface area contributed by atoms with Crippen molar-refractivity contribution in [2.45, 2.75) is 52.1 Å². The average Bonchev–Trinajstić information content (AvgIpc) is 3.07. The molecule has 0 aromatic carbocycles. The number of carbonyl (C=O) groups excluding carboxylic acids is 1. The van der Waals surface area contributed by atoms with Crippen molar-refractivity contribution in [2.24, 2.45) is 23.1 Å². The number of ether oxygens (including phenoxy) is 1. The van der Waals surface area contributed by atoms with Crippen molar-refractivity contribution in [2.75, 3.05) is 26.9 Å². The fourth-order valence-electron chi connectivity index (χ4n) is 4.23. The summed E-state index contributed by atoms with van der Waals surface area (Å²) in [7, 11) is 0.201. The average molecular weight is 389 g/mol. The highest BCUT2D eigenvalue weighted by atomic mass is 32.2. The van der Waals surface area contributed by atoms with Gasteiger partial charge < -0.3 is 9.64 Å². The molecule has 0 radical (unpaired) electrons. The van der Waals surface area contributed by atoms with Gasteiger partial charge in [-0.2, -0.15) is 8.42 Å². The van der Waals surface area contributed by atoms with Crippen molar-refractivity contribution in [3.8, 4) is 0 Å². The van der Waals surface area contributed by atoms with Crippen LogP contribution >= 0.6 is 0 Å². The van der Waals surface area contributed by atoms with Gasteiger partial charge in [-0.15, -0.1) is 0 Å². The molecule has 5 atom stereocenters. The Hall–Kier alpha value is -0.920. The number of carbonyl (C=O) groups is 1. The van der Waals surface area contributed by atoms with Crippen LogP contribution in [-0.4, -0.2) is 56.8 Å². The van der Waals surface area contributed by atoms with E-state index in [0.29, 0.717) is 24.1 Å². The van der Waals surface area contributed by atoms with Gasteiger partial charge >= 0.3 is 5.97 Å². The molecule has 0 aromatic heterocycles.